The molecule has 1 amide bonds. The van der Waals surface area contributed by atoms with Crippen LogP contribution in [0.25, 0.3) is 0 Å². The second-order valence-electron chi connectivity index (χ2n) is 5.06. The van der Waals surface area contributed by atoms with Crippen molar-refractivity contribution in [1.82, 2.24) is 10.3 Å². The molecule has 0 saturated carbocycles. The predicted molar refractivity (Wildman–Crippen MR) is 78.8 cm³/mol. The molecule has 0 aliphatic carbocycles. The molecule has 2 heterocycles. The number of nitrogens with one attached hydrogen (secondary N) is 2. The Hall–Kier alpha value is -2.36. The Morgan fingerprint density at radius 2 is 2.20 bits per heavy atom. The standard InChI is InChI=1S/C16H17N3O/c1-11-2-3-14(18-9-11)10-19-13-4-5-15-12(8-13)6-7-17-16(15)20/h2-5,8-9,19H,6-7,10H2,1H3,(H,17,20). The fraction of sp³-hybridized carbons (Fsp3) is 0.250. The summed E-state index contributed by atoms with van der Waals surface area (Å²) >= 11 is 0. The van der Waals surface area contributed by atoms with E-state index in [1.165, 1.54) is 0 Å². The van der Waals surface area contributed by atoms with Gasteiger partial charge in [0.25, 0.3) is 5.91 Å². The van der Waals surface area contributed by atoms with Crippen LogP contribution < -0.4 is 10.6 Å². The molecule has 0 saturated heterocycles. The van der Waals surface area contributed by atoms with Gasteiger partial charge in [0.2, 0.25) is 0 Å². The minimum Gasteiger partial charge on any atom is -0.379 e. The number of nitrogens with zero attached hydrogens (tertiary/aromatic N) is 1. The first-order valence-electron chi connectivity index (χ1n) is 6.79. The number of fused-ring (bicyclic) bond motifs is 1. The lowest BCUT2D eigenvalue weighted by atomic mass is 10.00. The van der Waals surface area contributed by atoms with Gasteiger partial charge in [-0.05, 0) is 48.7 Å². The van der Waals surface area contributed by atoms with Crippen LogP contribution in [0.1, 0.15) is 27.2 Å². The summed E-state index contributed by atoms with van der Waals surface area (Å²) < 4.78 is 0. The largest absolute Gasteiger partial charge is 0.379 e. The number of carbonyl (C=O) groups excluding carboxylic acids is 1. The number of amides is 1. The van der Waals surface area contributed by atoms with Crippen LogP contribution in [-0.2, 0) is 13.0 Å². The topological polar surface area (TPSA) is 54.0 Å². The van der Waals surface area contributed by atoms with Crippen molar-refractivity contribution in [3.05, 3.63) is 58.9 Å². The SMILES string of the molecule is Cc1ccc(CNc2ccc3c(c2)CCNC3=O)nc1. The Balaban J connectivity index is 1.72. The fourth-order valence-corrected chi connectivity index (χ4v) is 2.33. The number of anilines is 1. The molecule has 102 valence electrons. The summed E-state index contributed by atoms with van der Waals surface area (Å²) in [4.78, 5) is 16.0. The Labute approximate surface area is 118 Å². The molecule has 20 heavy (non-hydrogen) atoms. The number of carbonyl (C=O) groups is 1. The lowest BCUT2D eigenvalue weighted by Crippen LogP contribution is -2.31. The molecule has 1 aromatic heterocycles. The highest BCUT2D eigenvalue weighted by Crippen LogP contribution is 2.19. The first-order chi connectivity index (χ1) is 9.72. The van der Waals surface area contributed by atoms with Crippen LogP contribution in [0.5, 0.6) is 0 Å². The van der Waals surface area contributed by atoms with Crippen LogP contribution in [-0.4, -0.2) is 17.4 Å². The van der Waals surface area contributed by atoms with Crippen molar-refractivity contribution in [2.45, 2.75) is 19.9 Å². The number of aryl methyl sites for hydroxylation is 1. The predicted octanol–water partition coefficient (Wildman–Crippen LogP) is 2.29. The van der Waals surface area contributed by atoms with Crippen LogP contribution >= 0.6 is 0 Å². The normalized spacial score (nSPS) is 13.6. The molecule has 0 bridgehead atoms. The van der Waals surface area contributed by atoms with Crippen molar-refractivity contribution >= 4 is 11.6 Å². The lowest BCUT2D eigenvalue weighted by Gasteiger charge is -2.17. The van der Waals surface area contributed by atoms with Gasteiger partial charge >= 0.3 is 0 Å². The summed E-state index contributed by atoms with van der Waals surface area (Å²) in [6, 6.07) is 9.96. The van der Waals surface area contributed by atoms with Gasteiger partial charge in [-0.3, -0.25) is 9.78 Å². The summed E-state index contributed by atoms with van der Waals surface area (Å²) in [6.45, 7) is 3.43. The van der Waals surface area contributed by atoms with Gasteiger partial charge in [0.1, 0.15) is 0 Å². The Morgan fingerprint density at radius 1 is 1.30 bits per heavy atom. The fourth-order valence-electron chi connectivity index (χ4n) is 2.33. The summed E-state index contributed by atoms with van der Waals surface area (Å²) in [7, 11) is 0. The van der Waals surface area contributed by atoms with Crippen molar-refractivity contribution in [1.29, 1.82) is 0 Å². The van der Waals surface area contributed by atoms with Gasteiger partial charge in [0, 0.05) is 24.0 Å². The summed E-state index contributed by atoms with van der Waals surface area (Å²) in [5, 5.41) is 6.20. The Kier molecular flexibility index (Phi) is 3.37. The molecule has 0 spiro atoms. The molecular weight excluding hydrogens is 250 g/mol. The van der Waals surface area contributed by atoms with Crippen LogP contribution in [0, 0.1) is 6.92 Å². The molecule has 0 fully saturated rings. The Morgan fingerprint density at radius 3 is 3.00 bits per heavy atom. The molecule has 4 heteroatoms. The van der Waals surface area contributed by atoms with E-state index < -0.39 is 0 Å². The first kappa shape index (κ1) is 12.7. The summed E-state index contributed by atoms with van der Waals surface area (Å²) in [5.74, 6) is 0.0259. The van der Waals surface area contributed by atoms with Gasteiger partial charge in [0.05, 0.1) is 12.2 Å². The van der Waals surface area contributed by atoms with E-state index in [2.05, 4.69) is 27.8 Å². The zero-order valence-corrected chi connectivity index (χ0v) is 11.4. The lowest BCUT2D eigenvalue weighted by molar-refractivity contribution is 0.0946. The number of hydrogen-bond donors (Lipinski definition) is 2. The summed E-state index contributed by atoms with van der Waals surface area (Å²) in [5.41, 5.74) is 5.09. The quantitative estimate of drug-likeness (QED) is 0.897. The Bertz CT molecular complexity index is 635. The highest BCUT2D eigenvalue weighted by molar-refractivity contribution is 5.97. The average Bonchev–Trinajstić information content (AvgIpc) is 2.47. The molecule has 0 atom stereocenters. The second kappa shape index (κ2) is 5.33. The van der Waals surface area contributed by atoms with Crippen molar-refractivity contribution in [2.24, 2.45) is 0 Å². The van der Waals surface area contributed by atoms with Gasteiger partial charge in [-0.15, -0.1) is 0 Å². The molecule has 2 N–H and O–H groups in total. The zero-order valence-electron chi connectivity index (χ0n) is 11.4. The second-order valence-corrected chi connectivity index (χ2v) is 5.06. The van der Waals surface area contributed by atoms with E-state index in [-0.39, 0.29) is 5.91 Å². The number of hydrogen-bond acceptors (Lipinski definition) is 3. The van der Waals surface area contributed by atoms with Gasteiger partial charge in [-0.25, -0.2) is 0 Å². The number of pyridine rings is 1. The molecule has 0 radical (unpaired) electrons. The van der Waals surface area contributed by atoms with E-state index in [1.807, 2.05) is 31.3 Å². The molecule has 0 unspecified atom stereocenters. The maximum Gasteiger partial charge on any atom is 0.251 e. The third-order valence-electron chi connectivity index (χ3n) is 3.48. The average molecular weight is 267 g/mol. The van der Waals surface area contributed by atoms with E-state index in [0.717, 1.165) is 41.0 Å². The smallest absolute Gasteiger partial charge is 0.251 e. The first-order valence-corrected chi connectivity index (χ1v) is 6.79. The van der Waals surface area contributed by atoms with Gasteiger partial charge in [0.15, 0.2) is 0 Å². The van der Waals surface area contributed by atoms with Crippen molar-refractivity contribution in [3.63, 3.8) is 0 Å². The van der Waals surface area contributed by atoms with E-state index in [1.54, 1.807) is 0 Å². The molecule has 3 rings (SSSR count). The molecule has 1 aromatic carbocycles. The maximum atomic E-state index is 11.7. The van der Waals surface area contributed by atoms with Crippen molar-refractivity contribution in [3.8, 4) is 0 Å². The van der Waals surface area contributed by atoms with Crippen molar-refractivity contribution < 1.29 is 4.79 Å². The van der Waals surface area contributed by atoms with E-state index in [4.69, 9.17) is 0 Å². The molecular formula is C16H17N3O. The third-order valence-corrected chi connectivity index (χ3v) is 3.48. The molecule has 4 nitrogen and oxygen atoms in total. The van der Waals surface area contributed by atoms with E-state index >= 15 is 0 Å². The van der Waals surface area contributed by atoms with Crippen LogP contribution in [0.3, 0.4) is 0 Å². The molecule has 1 aliphatic rings. The third kappa shape index (κ3) is 2.64. The minimum atomic E-state index is 0.0259. The van der Waals surface area contributed by atoms with Crippen LogP contribution in [0.4, 0.5) is 5.69 Å². The van der Waals surface area contributed by atoms with Gasteiger partial charge in [-0.1, -0.05) is 6.07 Å². The maximum absolute atomic E-state index is 11.7. The monoisotopic (exact) mass is 267 g/mol. The van der Waals surface area contributed by atoms with E-state index in [9.17, 15) is 4.79 Å². The highest BCUT2D eigenvalue weighted by atomic mass is 16.1. The summed E-state index contributed by atoms with van der Waals surface area (Å²) in [6.07, 6.45) is 2.76. The van der Waals surface area contributed by atoms with Crippen LogP contribution in [0.2, 0.25) is 0 Å². The zero-order chi connectivity index (χ0) is 13.9. The number of aromatic nitrogens is 1. The minimum absolute atomic E-state index is 0.0259. The number of rotatable bonds is 3. The van der Waals surface area contributed by atoms with Crippen LogP contribution in [0.15, 0.2) is 36.5 Å². The molecule has 1 aliphatic heterocycles. The van der Waals surface area contributed by atoms with Crippen molar-refractivity contribution in [2.75, 3.05) is 11.9 Å². The van der Waals surface area contributed by atoms with Gasteiger partial charge in [-0.2, -0.15) is 0 Å². The van der Waals surface area contributed by atoms with E-state index in [0.29, 0.717) is 6.54 Å². The number of benzene rings is 1. The molecule has 2 aromatic rings. The van der Waals surface area contributed by atoms with Gasteiger partial charge < -0.3 is 10.6 Å². The highest BCUT2D eigenvalue weighted by Gasteiger charge is 2.16.